The van der Waals surface area contributed by atoms with E-state index in [4.69, 9.17) is 4.74 Å². The Morgan fingerprint density at radius 3 is 2.31 bits per heavy atom. The summed E-state index contributed by atoms with van der Waals surface area (Å²) in [5, 5.41) is 3.05. The Morgan fingerprint density at radius 1 is 1.03 bits per heavy atom. The van der Waals surface area contributed by atoms with Crippen molar-refractivity contribution in [3.05, 3.63) is 95.2 Å². The minimum atomic E-state index is -0.562. The first-order chi connectivity index (χ1) is 17.5. The molecule has 1 fully saturated rings. The molecule has 36 heavy (non-hydrogen) atoms. The predicted octanol–water partition coefficient (Wildman–Crippen LogP) is 3.88. The summed E-state index contributed by atoms with van der Waals surface area (Å²) in [7, 11) is 0. The summed E-state index contributed by atoms with van der Waals surface area (Å²) in [5.41, 5.74) is 4.41. The highest BCUT2D eigenvalue weighted by Crippen LogP contribution is 2.33. The third-order valence-corrected chi connectivity index (χ3v) is 6.83. The molecule has 190 valence electrons. The van der Waals surface area contributed by atoms with Crippen molar-refractivity contribution in [3.8, 4) is 0 Å². The van der Waals surface area contributed by atoms with Crippen LogP contribution in [-0.2, 0) is 16.1 Å². The monoisotopic (exact) mass is 488 g/mol. The molecule has 4 rings (SSSR count). The van der Waals surface area contributed by atoms with Gasteiger partial charge >= 0.3 is 12.0 Å². The second-order valence-electron chi connectivity index (χ2n) is 9.26. The van der Waals surface area contributed by atoms with Crippen molar-refractivity contribution in [2.75, 3.05) is 45.9 Å². The van der Waals surface area contributed by atoms with Crippen molar-refractivity contribution in [3.63, 3.8) is 0 Å². The van der Waals surface area contributed by atoms with Crippen molar-refractivity contribution >= 4 is 12.0 Å². The topological polar surface area (TPSA) is 65.1 Å². The van der Waals surface area contributed by atoms with Gasteiger partial charge in [0.05, 0.1) is 18.2 Å². The van der Waals surface area contributed by atoms with E-state index in [9.17, 15) is 9.59 Å². The van der Waals surface area contributed by atoms with E-state index in [1.165, 1.54) is 5.56 Å². The molecule has 1 saturated heterocycles. The quantitative estimate of drug-likeness (QED) is 0.429. The number of benzene rings is 2. The molecule has 2 aromatic rings. The zero-order chi connectivity index (χ0) is 25.5. The second-order valence-corrected chi connectivity index (χ2v) is 9.26. The maximum Gasteiger partial charge on any atom is 0.338 e. The summed E-state index contributed by atoms with van der Waals surface area (Å²) in [5.74, 6) is -0.391. The van der Waals surface area contributed by atoms with Crippen LogP contribution in [0, 0.1) is 6.92 Å². The van der Waals surface area contributed by atoms with Crippen LogP contribution in [0.5, 0.6) is 0 Å². The van der Waals surface area contributed by atoms with E-state index in [1.54, 1.807) is 17.9 Å². The summed E-state index contributed by atoms with van der Waals surface area (Å²) >= 11 is 0. The van der Waals surface area contributed by atoms with E-state index >= 15 is 0 Å². The van der Waals surface area contributed by atoms with Gasteiger partial charge in [-0.1, -0.05) is 60.7 Å². The van der Waals surface area contributed by atoms with Crippen LogP contribution in [0.1, 0.15) is 29.7 Å². The van der Waals surface area contributed by atoms with Gasteiger partial charge < -0.3 is 10.1 Å². The summed E-state index contributed by atoms with van der Waals surface area (Å²) in [6.45, 7) is 13.2. The van der Waals surface area contributed by atoms with Crippen LogP contribution < -0.4 is 5.32 Å². The standard InChI is InChI=1S/C29H36N4O3/c1-4-15-33-25(21-32-18-16-31(17-19-32)20-23-12-7-6-8-13-23)26(28(34)36-5-2)27(30-29(33)35)24-14-10-9-11-22(24)3/h4,6-14,27H,1,5,15-21H2,2-3H3,(H,30,35)/t27-/m0/s1. The number of hydrogen-bond donors (Lipinski definition) is 1. The molecule has 7 nitrogen and oxygen atoms in total. The van der Waals surface area contributed by atoms with Gasteiger partial charge in [-0.05, 0) is 30.5 Å². The molecule has 2 aliphatic rings. The highest BCUT2D eigenvalue weighted by atomic mass is 16.5. The third-order valence-electron chi connectivity index (χ3n) is 6.83. The number of carbonyl (C=O) groups is 2. The molecule has 0 aromatic heterocycles. The molecule has 7 heteroatoms. The number of aryl methyl sites for hydroxylation is 1. The van der Waals surface area contributed by atoms with Crippen molar-refractivity contribution in [1.82, 2.24) is 20.0 Å². The third kappa shape index (κ3) is 5.86. The van der Waals surface area contributed by atoms with Gasteiger partial charge in [0.2, 0.25) is 0 Å². The molecular formula is C29H36N4O3. The van der Waals surface area contributed by atoms with E-state index < -0.39 is 12.0 Å². The number of urea groups is 1. The lowest BCUT2D eigenvalue weighted by Crippen LogP contribution is -2.53. The normalized spacial score (nSPS) is 19.2. The molecule has 2 heterocycles. The Labute approximate surface area is 214 Å². The summed E-state index contributed by atoms with van der Waals surface area (Å²) < 4.78 is 5.51. The predicted molar refractivity (Wildman–Crippen MR) is 141 cm³/mol. The van der Waals surface area contributed by atoms with E-state index in [1.807, 2.05) is 37.3 Å². The number of nitrogens with one attached hydrogen (secondary N) is 1. The Morgan fingerprint density at radius 2 is 1.67 bits per heavy atom. The van der Waals surface area contributed by atoms with Gasteiger partial charge in [0, 0.05) is 51.5 Å². The maximum absolute atomic E-state index is 13.3. The van der Waals surface area contributed by atoms with Crippen LogP contribution in [0.4, 0.5) is 4.79 Å². The Balaban J connectivity index is 1.62. The average molecular weight is 489 g/mol. The SMILES string of the molecule is C=CCN1C(=O)N[C@@H](c2ccccc2C)C(C(=O)OCC)=C1CN1CCN(Cc2ccccc2)CC1. The first-order valence-electron chi connectivity index (χ1n) is 12.6. The van der Waals surface area contributed by atoms with Crippen LogP contribution >= 0.6 is 0 Å². The zero-order valence-corrected chi connectivity index (χ0v) is 21.3. The highest BCUT2D eigenvalue weighted by molar-refractivity contribution is 5.95. The fraction of sp³-hybridized carbons (Fsp3) is 0.379. The molecule has 0 unspecified atom stereocenters. The number of rotatable bonds is 9. The van der Waals surface area contributed by atoms with Crippen LogP contribution in [0.25, 0.3) is 0 Å². The molecule has 2 aliphatic heterocycles. The van der Waals surface area contributed by atoms with E-state index in [0.717, 1.165) is 43.9 Å². The van der Waals surface area contributed by atoms with Crippen LogP contribution in [0.3, 0.4) is 0 Å². The van der Waals surface area contributed by atoms with E-state index in [2.05, 4.69) is 46.0 Å². The summed E-state index contributed by atoms with van der Waals surface area (Å²) in [6.07, 6.45) is 1.69. The van der Waals surface area contributed by atoms with Crippen LogP contribution in [0.15, 0.2) is 78.5 Å². The maximum atomic E-state index is 13.3. The van der Waals surface area contributed by atoms with Gasteiger partial charge in [-0.15, -0.1) is 6.58 Å². The lowest BCUT2D eigenvalue weighted by molar-refractivity contribution is -0.139. The number of piperazine rings is 1. The van der Waals surface area contributed by atoms with E-state index in [0.29, 0.717) is 24.4 Å². The lowest BCUT2D eigenvalue weighted by Gasteiger charge is -2.40. The highest BCUT2D eigenvalue weighted by Gasteiger charge is 2.39. The van der Waals surface area contributed by atoms with Gasteiger partial charge in [0.25, 0.3) is 0 Å². The largest absolute Gasteiger partial charge is 0.463 e. The molecule has 2 aromatic carbocycles. The summed E-state index contributed by atoms with van der Waals surface area (Å²) in [4.78, 5) is 33.0. The minimum Gasteiger partial charge on any atom is -0.463 e. The summed E-state index contributed by atoms with van der Waals surface area (Å²) in [6, 6.07) is 17.5. The number of esters is 1. The number of amides is 2. The van der Waals surface area contributed by atoms with Gasteiger partial charge in [-0.3, -0.25) is 14.7 Å². The van der Waals surface area contributed by atoms with Crippen molar-refractivity contribution in [2.24, 2.45) is 0 Å². The van der Waals surface area contributed by atoms with Gasteiger partial charge in [0.1, 0.15) is 0 Å². The first kappa shape index (κ1) is 25.7. The molecule has 0 saturated carbocycles. The van der Waals surface area contributed by atoms with Gasteiger partial charge in [-0.25, -0.2) is 9.59 Å². The molecular weight excluding hydrogens is 452 g/mol. The fourth-order valence-corrected chi connectivity index (χ4v) is 4.95. The minimum absolute atomic E-state index is 0.228. The second kappa shape index (κ2) is 12.0. The van der Waals surface area contributed by atoms with Crippen LogP contribution in [-0.4, -0.2) is 72.6 Å². The van der Waals surface area contributed by atoms with Crippen LogP contribution in [0.2, 0.25) is 0 Å². The smallest absolute Gasteiger partial charge is 0.338 e. The number of ether oxygens (including phenoxy) is 1. The number of hydrogen-bond acceptors (Lipinski definition) is 5. The van der Waals surface area contributed by atoms with Gasteiger partial charge in [-0.2, -0.15) is 0 Å². The number of nitrogens with zero attached hydrogens (tertiary/aromatic N) is 3. The average Bonchev–Trinajstić information content (AvgIpc) is 2.88. The first-order valence-corrected chi connectivity index (χ1v) is 12.6. The van der Waals surface area contributed by atoms with Crippen molar-refractivity contribution < 1.29 is 14.3 Å². The Bertz CT molecular complexity index is 1110. The molecule has 0 bridgehead atoms. The molecule has 0 spiro atoms. The Kier molecular flexibility index (Phi) is 8.57. The number of carbonyl (C=O) groups excluding carboxylic acids is 2. The Hall–Kier alpha value is -3.42. The van der Waals surface area contributed by atoms with E-state index in [-0.39, 0.29) is 12.6 Å². The zero-order valence-electron chi connectivity index (χ0n) is 21.3. The molecule has 1 atom stereocenters. The molecule has 0 aliphatic carbocycles. The molecule has 1 N–H and O–H groups in total. The van der Waals surface area contributed by atoms with Crippen molar-refractivity contribution in [1.29, 1.82) is 0 Å². The molecule has 0 radical (unpaired) electrons. The fourth-order valence-electron chi connectivity index (χ4n) is 4.95. The lowest BCUT2D eigenvalue weighted by atomic mass is 9.91. The van der Waals surface area contributed by atoms with Gasteiger partial charge in [0.15, 0.2) is 0 Å². The molecule has 2 amide bonds. The van der Waals surface area contributed by atoms with Crippen molar-refractivity contribution in [2.45, 2.75) is 26.4 Å².